The minimum absolute atomic E-state index is 0.0408. The first kappa shape index (κ1) is 17.6. The summed E-state index contributed by atoms with van der Waals surface area (Å²) in [5.41, 5.74) is 2.36. The fourth-order valence-electron chi connectivity index (χ4n) is 5.73. The van der Waals surface area contributed by atoms with Crippen LogP contribution in [0.1, 0.15) is 56.1 Å². The van der Waals surface area contributed by atoms with Crippen LogP contribution in [0.15, 0.2) is 12.1 Å². The number of aryl methyl sites for hydroxylation is 1. The Kier molecular flexibility index (Phi) is 4.11. The van der Waals surface area contributed by atoms with Gasteiger partial charge >= 0.3 is 10.3 Å². The predicted octanol–water partition coefficient (Wildman–Crippen LogP) is 3.14. The van der Waals surface area contributed by atoms with Crippen molar-refractivity contribution in [1.29, 1.82) is 0 Å². The van der Waals surface area contributed by atoms with Crippen molar-refractivity contribution < 1.29 is 17.7 Å². The average molecular weight is 386 g/mol. The first-order valence-corrected chi connectivity index (χ1v) is 10.8. The number of aliphatic hydroxyl groups excluding tert-OH is 1. The Balaban J connectivity index is 1.68. The maximum Gasteiger partial charge on any atom is 0.380 e. The number of hydrogen-bond donors (Lipinski definition) is 2. The summed E-state index contributed by atoms with van der Waals surface area (Å²) in [6.07, 6.45) is 5.79. The van der Waals surface area contributed by atoms with Gasteiger partial charge in [0.05, 0.1) is 11.1 Å². The molecule has 0 aromatic heterocycles. The molecular formula is C18H24ClNO4S. The third kappa shape index (κ3) is 2.87. The first-order valence-electron chi connectivity index (χ1n) is 8.91. The molecule has 2 saturated carbocycles. The molecule has 25 heavy (non-hydrogen) atoms. The van der Waals surface area contributed by atoms with E-state index in [1.807, 2.05) is 6.07 Å². The van der Waals surface area contributed by atoms with Crippen molar-refractivity contribution in [2.45, 2.75) is 57.5 Å². The number of rotatable bonds is 2. The van der Waals surface area contributed by atoms with Gasteiger partial charge < -0.3 is 9.29 Å². The highest BCUT2D eigenvalue weighted by molar-refractivity contribution is 7.84. The number of hydrogen-bond acceptors (Lipinski definition) is 4. The van der Waals surface area contributed by atoms with Crippen molar-refractivity contribution >= 4 is 21.9 Å². The van der Waals surface area contributed by atoms with Gasteiger partial charge in [-0.1, -0.05) is 18.5 Å². The summed E-state index contributed by atoms with van der Waals surface area (Å²) in [6, 6.07) is 3.60. The maximum absolute atomic E-state index is 11.2. The molecule has 2 fully saturated rings. The van der Waals surface area contributed by atoms with Crippen LogP contribution in [0.5, 0.6) is 5.75 Å². The largest absolute Gasteiger partial charge is 0.393 e. The molecule has 0 saturated heterocycles. The van der Waals surface area contributed by atoms with Crippen molar-refractivity contribution in [2.24, 2.45) is 22.4 Å². The molecule has 0 radical (unpaired) electrons. The van der Waals surface area contributed by atoms with Gasteiger partial charge in [-0.2, -0.15) is 13.6 Å². The van der Waals surface area contributed by atoms with Crippen LogP contribution in [-0.4, -0.2) is 19.6 Å². The molecule has 5 atom stereocenters. The number of nitrogens with two attached hydrogens (primary N) is 1. The van der Waals surface area contributed by atoms with E-state index in [0.29, 0.717) is 17.8 Å². The SMILES string of the molecule is C[C@]12CC[C@@H]3c4cc(Cl)c(OS(N)(=O)=O)cc4CC[C@H]3[C@@H]1CC[C@@H]2O. The Labute approximate surface area is 153 Å². The topological polar surface area (TPSA) is 89.6 Å². The molecule has 0 heterocycles. The summed E-state index contributed by atoms with van der Waals surface area (Å²) in [5.74, 6) is 1.64. The molecule has 0 aliphatic heterocycles. The van der Waals surface area contributed by atoms with Gasteiger partial charge in [0.1, 0.15) is 0 Å². The Hall–Kier alpha value is -0.820. The maximum atomic E-state index is 11.2. The summed E-state index contributed by atoms with van der Waals surface area (Å²) in [7, 11) is -4.09. The highest BCUT2D eigenvalue weighted by Crippen LogP contribution is 2.61. The standard InChI is InChI=1S/C18H24ClNO4S/c1-18-7-6-11-12(14(18)4-5-17(18)21)3-2-10-8-16(24-25(20,22)23)15(19)9-13(10)11/h8-9,11-12,14,17,21H,2-7H2,1H3,(H2,20,22,23)/t11-,12+,14-,17-,18-/m0/s1. The summed E-state index contributed by atoms with van der Waals surface area (Å²) >= 11 is 6.28. The van der Waals surface area contributed by atoms with E-state index in [1.165, 1.54) is 5.56 Å². The molecule has 3 N–H and O–H groups in total. The molecule has 4 rings (SSSR count). The van der Waals surface area contributed by atoms with E-state index < -0.39 is 10.3 Å². The monoisotopic (exact) mass is 385 g/mol. The highest BCUT2D eigenvalue weighted by Gasteiger charge is 2.54. The van der Waals surface area contributed by atoms with Crippen molar-refractivity contribution in [2.75, 3.05) is 0 Å². The molecule has 3 aliphatic carbocycles. The van der Waals surface area contributed by atoms with Crippen molar-refractivity contribution in [1.82, 2.24) is 0 Å². The Morgan fingerprint density at radius 2 is 2.04 bits per heavy atom. The van der Waals surface area contributed by atoms with E-state index in [2.05, 4.69) is 6.92 Å². The summed E-state index contributed by atoms with van der Waals surface area (Å²) in [4.78, 5) is 0. The normalized spacial score (nSPS) is 37.1. The summed E-state index contributed by atoms with van der Waals surface area (Å²) in [6.45, 7) is 2.25. The summed E-state index contributed by atoms with van der Waals surface area (Å²) < 4.78 is 27.2. The lowest BCUT2D eigenvalue weighted by molar-refractivity contribution is -0.0226. The van der Waals surface area contributed by atoms with E-state index in [4.69, 9.17) is 20.9 Å². The molecule has 138 valence electrons. The van der Waals surface area contributed by atoms with E-state index in [1.54, 1.807) is 6.07 Å². The smallest absolute Gasteiger partial charge is 0.380 e. The number of benzene rings is 1. The molecule has 7 heteroatoms. The average Bonchev–Trinajstić information content (AvgIpc) is 2.82. The first-order chi connectivity index (χ1) is 11.7. The van der Waals surface area contributed by atoms with E-state index >= 15 is 0 Å². The third-order valence-electron chi connectivity index (χ3n) is 6.93. The van der Waals surface area contributed by atoms with Gasteiger partial charge in [0.15, 0.2) is 5.75 Å². The van der Waals surface area contributed by atoms with Gasteiger partial charge in [-0.25, -0.2) is 0 Å². The second-order valence-electron chi connectivity index (χ2n) is 8.11. The van der Waals surface area contributed by atoms with Crippen LogP contribution in [0.4, 0.5) is 0 Å². The molecule has 0 unspecified atom stereocenters. The van der Waals surface area contributed by atoms with Gasteiger partial charge in [-0.15, -0.1) is 0 Å². The van der Waals surface area contributed by atoms with Crippen molar-refractivity contribution in [3.8, 4) is 5.75 Å². The second kappa shape index (κ2) is 5.84. The number of halogens is 1. The van der Waals surface area contributed by atoms with Crippen LogP contribution < -0.4 is 9.32 Å². The molecule has 1 aromatic rings. The zero-order valence-electron chi connectivity index (χ0n) is 14.2. The molecular weight excluding hydrogens is 362 g/mol. The minimum atomic E-state index is -4.09. The number of fused-ring (bicyclic) bond motifs is 5. The van der Waals surface area contributed by atoms with Crippen LogP contribution in [0.2, 0.25) is 5.02 Å². The van der Waals surface area contributed by atoms with Crippen LogP contribution in [-0.2, 0) is 16.7 Å². The zero-order chi connectivity index (χ0) is 18.0. The predicted molar refractivity (Wildman–Crippen MR) is 95.8 cm³/mol. The van der Waals surface area contributed by atoms with Crippen molar-refractivity contribution in [3.05, 3.63) is 28.3 Å². The lowest BCUT2D eigenvalue weighted by Gasteiger charge is -2.50. The summed E-state index contributed by atoms with van der Waals surface area (Å²) in [5, 5.41) is 15.7. The Morgan fingerprint density at radius 1 is 1.28 bits per heavy atom. The third-order valence-corrected chi connectivity index (χ3v) is 7.64. The lowest BCUT2D eigenvalue weighted by atomic mass is 9.55. The van der Waals surface area contributed by atoms with E-state index in [0.717, 1.165) is 44.1 Å². The second-order valence-corrected chi connectivity index (χ2v) is 9.67. The van der Waals surface area contributed by atoms with Gasteiger partial charge in [0.25, 0.3) is 0 Å². The van der Waals surface area contributed by atoms with Gasteiger partial charge in [-0.05, 0) is 85.0 Å². The van der Waals surface area contributed by atoms with Gasteiger partial charge in [0, 0.05) is 0 Å². The van der Waals surface area contributed by atoms with Crippen molar-refractivity contribution in [3.63, 3.8) is 0 Å². The highest BCUT2D eigenvalue weighted by atomic mass is 35.5. The van der Waals surface area contributed by atoms with Gasteiger partial charge in [0.2, 0.25) is 0 Å². The zero-order valence-corrected chi connectivity index (χ0v) is 15.8. The molecule has 0 spiro atoms. The van der Waals surface area contributed by atoms with E-state index in [-0.39, 0.29) is 22.3 Å². The minimum Gasteiger partial charge on any atom is -0.393 e. The number of aliphatic hydroxyl groups is 1. The van der Waals surface area contributed by atoms with Crippen LogP contribution in [0.25, 0.3) is 0 Å². The quantitative estimate of drug-likeness (QED) is 0.818. The van der Waals surface area contributed by atoms with Crippen LogP contribution >= 0.6 is 11.6 Å². The fourth-order valence-corrected chi connectivity index (χ4v) is 6.38. The molecule has 3 aliphatic rings. The lowest BCUT2D eigenvalue weighted by Crippen LogP contribution is -2.43. The van der Waals surface area contributed by atoms with Gasteiger partial charge in [-0.3, -0.25) is 0 Å². The fraction of sp³-hybridized carbons (Fsp3) is 0.667. The molecule has 5 nitrogen and oxygen atoms in total. The Bertz CT molecular complexity index is 812. The Morgan fingerprint density at radius 3 is 2.76 bits per heavy atom. The van der Waals surface area contributed by atoms with Crippen LogP contribution in [0.3, 0.4) is 0 Å². The molecule has 1 aromatic carbocycles. The molecule has 0 bridgehead atoms. The molecule has 0 amide bonds. The van der Waals surface area contributed by atoms with E-state index in [9.17, 15) is 13.5 Å². The van der Waals surface area contributed by atoms with Crippen LogP contribution in [0, 0.1) is 17.3 Å².